The van der Waals surface area contributed by atoms with E-state index in [0.29, 0.717) is 6.61 Å². The molecule has 0 aromatic heterocycles. The molecule has 9 heteroatoms. The Bertz CT molecular complexity index is 913. The maximum absolute atomic E-state index is 12.5. The average molecular weight is 403 g/mol. The Balaban J connectivity index is 2.82. The van der Waals surface area contributed by atoms with Gasteiger partial charge >= 0.3 is 17.9 Å². The van der Waals surface area contributed by atoms with Gasteiger partial charge < -0.3 is 29.0 Å². The van der Waals surface area contributed by atoms with Crippen molar-refractivity contribution in [2.45, 2.75) is 6.92 Å². The predicted octanol–water partition coefficient (Wildman–Crippen LogP) is 2.28. The van der Waals surface area contributed by atoms with Crippen molar-refractivity contribution in [3.63, 3.8) is 0 Å². The lowest BCUT2D eigenvalue weighted by atomic mass is 10.1. The first-order valence-electron chi connectivity index (χ1n) is 8.52. The van der Waals surface area contributed by atoms with Gasteiger partial charge in [0.25, 0.3) is 0 Å². The summed E-state index contributed by atoms with van der Waals surface area (Å²) in [4.78, 5) is 38.0. The zero-order chi connectivity index (χ0) is 21.6. The summed E-state index contributed by atoms with van der Waals surface area (Å²) >= 11 is 0. The standard InChI is InChI=1S/C20H21NO8/c1-5-29-16-10-13(18(22)23)14(11-15(16)26-2)21-9-7-6-8-12(19(24)27-3)17(21)20(25)28-4/h6-11H,5H2,1-4H3,(H,22,23). The molecule has 0 atom stereocenters. The van der Waals surface area contributed by atoms with E-state index in [-0.39, 0.29) is 34.0 Å². The summed E-state index contributed by atoms with van der Waals surface area (Å²) in [5.74, 6) is -2.43. The highest BCUT2D eigenvalue weighted by Gasteiger charge is 2.30. The zero-order valence-electron chi connectivity index (χ0n) is 16.4. The molecule has 0 bridgehead atoms. The number of ether oxygens (including phenoxy) is 4. The number of allylic oxidation sites excluding steroid dienone is 2. The topological polar surface area (TPSA) is 112 Å². The first-order chi connectivity index (χ1) is 13.9. The summed E-state index contributed by atoms with van der Waals surface area (Å²) in [5, 5.41) is 9.74. The maximum Gasteiger partial charge on any atom is 0.355 e. The molecule has 0 saturated heterocycles. The van der Waals surface area contributed by atoms with Gasteiger partial charge in [-0.15, -0.1) is 0 Å². The molecule has 0 radical (unpaired) electrons. The SMILES string of the molecule is CCOc1cc(C(=O)O)c(N2C=CC=CC(C(=O)OC)=C2C(=O)OC)cc1OC. The number of hydrogen-bond acceptors (Lipinski definition) is 8. The van der Waals surface area contributed by atoms with Gasteiger partial charge in [-0.1, -0.05) is 6.08 Å². The van der Waals surface area contributed by atoms with E-state index in [4.69, 9.17) is 18.9 Å². The maximum atomic E-state index is 12.5. The minimum Gasteiger partial charge on any atom is -0.493 e. The van der Waals surface area contributed by atoms with Crippen LogP contribution in [0.15, 0.2) is 47.8 Å². The van der Waals surface area contributed by atoms with Crippen molar-refractivity contribution in [1.82, 2.24) is 0 Å². The van der Waals surface area contributed by atoms with Crippen LogP contribution in [0.2, 0.25) is 0 Å². The quantitative estimate of drug-likeness (QED) is 0.685. The average Bonchev–Trinajstić information content (AvgIpc) is 2.95. The minimum absolute atomic E-state index is 0.0690. The lowest BCUT2D eigenvalue weighted by Gasteiger charge is -2.25. The van der Waals surface area contributed by atoms with Gasteiger partial charge in [-0.05, 0) is 19.1 Å². The van der Waals surface area contributed by atoms with E-state index in [1.54, 1.807) is 6.92 Å². The third kappa shape index (κ3) is 4.40. The van der Waals surface area contributed by atoms with Crippen LogP contribution in [0, 0.1) is 0 Å². The summed E-state index contributed by atoms with van der Waals surface area (Å²) in [6.45, 7) is 2.04. The van der Waals surface area contributed by atoms with E-state index < -0.39 is 17.9 Å². The number of hydrogen-bond donors (Lipinski definition) is 1. The second kappa shape index (κ2) is 9.45. The fourth-order valence-corrected chi connectivity index (χ4v) is 2.70. The second-order valence-electron chi connectivity index (χ2n) is 5.57. The number of carboxylic acids is 1. The Kier molecular flexibility index (Phi) is 7.02. The molecule has 0 saturated carbocycles. The van der Waals surface area contributed by atoms with Crippen LogP contribution in [0.4, 0.5) is 5.69 Å². The molecule has 2 rings (SSSR count). The number of carbonyl (C=O) groups excluding carboxylic acids is 2. The van der Waals surface area contributed by atoms with Gasteiger partial charge in [0, 0.05) is 18.3 Å². The smallest absolute Gasteiger partial charge is 0.355 e. The van der Waals surface area contributed by atoms with Crippen LogP contribution in [0.5, 0.6) is 11.5 Å². The fourth-order valence-electron chi connectivity index (χ4n) is 2.70. The number of rotatable bonds is 7. The number of esters is 2. The lowest BCUT2D eigenvalue weighted by molar-refractivity contribution is -0.139. The van der Waals surface area contributed by atoms with E-state index in [1.165, 1.54) is 55.7 Å². The van der Waals surface area contributed by atoms with Crippen molar-refractivity contribution in [3.05, 3.63) is 53.4 Å². The molecule has 0 fully saturated rings. The largest absolute Gasteiger partial charge is 0.493 e. The molecule has 9 nitrogen and oxygen atoms in total. The highest BCUT2D eigenvalue weighted by Crippen LogP contribution is 2.38. The molecule has 1 aliphatic heterocycles. The van der Waals surface area contributed by atoms with Gasteiger partial charge in [-0.3, -0.25) is 0 Å². The first-order valence-corrected chi connectivity index (χ1v) is 8.52. The Morgan fingerprint density at radius 2 is 1.69 bits per heavy atom. The molecule has 1 N–H and O–H groups in total. The molecule has 0 amide bonds. The summed E-state index contributed by atoms with van der Waals surface area (Å²) in [7, 11) is 3.72. The Morgan fingerprint density at radius 3 is 2.24 bits per heavy atom. The van der Waals surface area contributed by atoms with Crippen molar-refractivity contribution in [3.8, 4) is 11.5 Å². The monoisotopic (exact) mass is 403 g/mol. The van der Waals surface area contributed by atoms with Gasteiger partial charge in [0.05, 0.1) is 44.8 Å². The van der Waals surface area contributed by atoms with Crippen molar-refractivity contribution in [2.75, 3.05) is 32.8 Å². The third-order valence-electron chi connectivity index (χ3n) is 3.96. The molecular weight excluding hydrogens is 382 g/mol. The van der Waals surface area contributed by atoms with E-state index in [2.05, 4.69) is 0 Å². The molecule has 0 aliphatic carbocycles. The summed E-state index contributed by atoms with van der Waals surface area (Å²) in [6.07, 6.45) is 5.86. The number of carbonyl (C=O) groups is 3. The van der Waals surface area contributed by atoms with Gasteiger partial charge in [0.2, 0.25) is 0 Å². The molecular formula is C20H21NO8. The number of methoxy groups -OCH3 is 3. The molecule has 1 aliphatic rings. The van der Waals surface area contributed by atoms with E-state index in [9.17, 15) is 19.5 Å². The Morgan fingerprint density at radius 1 is 1.00 bits per heavy atom. The van der Waals surface area contributed by atoms with Crippen LogP contribution in [0.25, 0.3) is 0 Å². The predicted molar refractivity (Wildman–Crippen MR) is 103 cm³/mol. The van der Waals surface area contributed by atoms with Crippen LogP contribution < -0.4 is 14.4 Å². The van der Waals surface area contributed by atoms with Crippen LogP contribution in [-0.2, 0) is 19.1 Å². The molecule has 154 valence electrons. The summed E-state index contributed by atoms with van der Waals surface area (Å²) in [6, 6.07) is 2.70. The van der Waals surface area contributed by atoms with Gasteiger partial charge in [0.1, 0.15) is 5.70 Å². The number of carboxylic acid groups (broad SMARTS) is 1. The summed E-state index contributed by atoms with van der Waals surface area (Å²) in [5.41, 5.74) is -0.419. The first kappa shape index (κ1) is 21.5. The number of nitrogens with zero attached hydrogens (tertiary/aromatic N) is 1. The van der Waals surface area contributed by atoms with Crippen LogP contribution in [-0.4, -0.2) is 51.0 Å². The summed E-state index contributed by atoms with van der Waals surface area (Å²) < 4.78 is 20.3. The highest BCUT2D eigenvalue weighted by molar-refractivity contribution is 6.07. The zero-order valence-corrected chi connectivity index (χ0v) is 16.4. The Labute approximate surface area is 167 Å². The van der Waals surface area contributed by atoms with Crippen LogP contribution in [0.3, 0.4) is 0 Å². The van der Waals surface area contributed by atoms with E-state index in [0.717, 1.165) is 7.11 Å². The van der Waals surface area contributed by atoms with Crippen molar-refractivity contribution >= 4 is 23.6 Å². The normalized spacial score (nSPS) is 13.0. The van der Waals surface area contributed by atoms with E-state index >= 15 is 0 Å². The van der Waals surface area contributed by atoms with Crippen molar-refractivity contribution in [1.29, 1.82) is 0 Å². The van der Waals surface area contributed by atoms with Crippen LogP contribution >= 0.6 is 0 Å². The van der Waals surface area contributed by atoms with Gasteiger partial charge in [-0.2, -0.15) is 0 Å². The third-order valence-corrected chi connectivity index (χ3v) is 3.96. The fraction of sp³-hybridized carbons (Fsp3) is 0.250. The van der Waals surface area contributed by atoms with E-state index in [1.807, 2.05) is 0 Å². The second-order valence-corrected chi connectivity index (χ2v) is 5.57. The van der Waals surface area contributed by atoms with Gasteiger partial charge in [-0.25, -0.2) is 14.4 Å². The lowest BCUT2D eigenvalue weighted by Crippen LogP contribution is -2.28. The number of aromatic carboxylic acids is 1. The van der Waals surface area contributed by atoms with Crippen LogP contribution in [0.1, 0.15) is 17.3 Å². The minimum atomic E-state index is -1.27. The van der Waals surface area contributed by atoms with Crippen molar-refractivity contribution < 1.29 is 38.4 Å². The molecule has 0 spiro atoms. The number of anilines is 1. The molecule has 1 aromatic carbocycles. The van der Waals surface area contributed by atoms with Crippen molar-refractivity contribution in [2.24, 2.45) is 0 Å². The Hall–Kier alpha value is -3.75. The molecule has 1 heterocycles. The molecule has 0 unspecified atom stereocenters. The van der Waals surface area contributed by atoms with Gasteiger partial charge in [0.15, 0.2) is 11.5 Å². The highest BCUT2D eigenvalue weighted by atomic mass is 16.5. The number of benzene rings is 1. The molecule has 29 heavy (non-hydrogen) atoms. The molecule has 1 aromatic rings.